The topological polar surface area (TPSA) is 177 Å². The van der Waals surface area contributed by atoms with E-state index in [1.807, 2.05) is 0 Å². The van der Waals surface area contributed by atoms with E-state index >= 15 is 0 Å². The van der Waals surface area contributed by atoms with E-state index in [1.54, 1.807) is 20.8 Å². The van der Waals surface area contributed by atoms with Crippen molar-refractivity contribution in [1.82, 2.24) is 0 Å². The van der Waals surface area contributed by atoms with E-state index in [0.717, 1.165) is 6.08 Å². The van der Waals surface area contributed by atoms with Crippen molar-refractivity contribution in [3.05, 3.63) is 23.8 Å². The molecule has 0 aromatic rings. The fraction of sp³-hybridized carbons (Fsp3) is 0.762. The van der Waals surface area contributed by atoms with E-state index in [-0.39, 0.29) is 0 Å². The second-order valence-corrected chi connectivity index (χ2v) is 8.94. The van der Waals surface area contributed by atoms with Crippen LogP contribution in [-0.2, 0) is 14.3 Å². The van der Waals surface area contributed by atoms with E-state index in [2.05, 4.69) is 0 Å². The number of hydrogen-bond acceptors (Lipinski definition) is 9. The number of aliphatic hydroxyl groups excluding tert-OH is 5. The predicted molar refractivity (Wildman–Crippen MR) is 108 cm³/mol. The van der Waals surface area contributed by atoms with Gasteiger partial charge in [-0.3, -0.25) is 0 Å². The lowest BCUT2D eigenvalue weighted by Gasteiger charge is -2.57. The van der Waals surface area contributed by atoms with Crippen LogP contribution in [0.2, 0.25) is 0 Å². The average Bonchev–Trinajstić information content (AvgIpc) is 2.70. The molecule has 8 atom stereocenters. The van der Waals surface area contributed by atoms with Crippen molar-refractivity contribution in [1.29, 1.82) is 0 Å². The third-order valence-corrected chi connectivity index (χ3v) is 6.62. The molecule has 7 N–H and O–H groups in total. The molecule has 2 aliphatic rings. The van der Waals surface area contributed by atoms with Gasteiger partial charge < -0.3 is 45.2 Å². The number of allylic oxidation sites excluding steroid dienone is 2. The molecule has 0 aromatic carbocycles. The van der Waals surface area contributed by atoms with Crippen LogP contribution in [0.15, 0.2) is 23.8 Å². The second kappa shape index (κ2) is 9.63. The smallest absolute Gasteiger partial charge is 0.328 e. The number of aliphatic carboxylic acids is 1. The van der Waals surface area contributed by atoms with Crippen LogP contribution in [-0.4, -0.2) is 96.8 Å². The summed E-state index contributed by atoms with van der Waals surface area (Å²) >= 11 is 0. The molecule has 0 spiro atoms. The highest BCUT2D eigenvalue weighted by molar-refractivity contribution is 5.81. The summed E-state index contributed by atoms with van der Waals surface area (Å²) in [5.41, 5.74) is -3.98. The lowest BCUT2D eigenvalue weighted by molar-refractivity contribution is -0.354. The van der Waals surface area contributed by atoms with Crippen LogP contribution < -0.4 is 0 Å². The van der Waals surface area contributed by atoms with Gasteiger partial charge in [0, 0.05) is 11.5 Å². The van der Waals surface area contributed by atoms with Gasteiger partial charge in [-0.05, 0) is 44.8 Å². The number of carboxylic acid groups (broad SMARTS) is 1. The predicted octanol–water partition coefficient (Wildman–Crippen LogP) is -0.938. The maximum Gasteiger partial charge on any atom is 0.328 e. The van der Waals surface area contributed by atoms with Gasteiger partial charge in [0.25, 0.3) is 0 Å². The minimum absolute atomic E-state index is 0.292. The quantitative estimate of drug-likeness (QED) is 0.191. The van der Waals surface area contributed by atoms with Crippen molar-refractivity contribution in [2.75, 3.05) is 13.2 Å². The molecule has 1 saturated heterocycles. The minimum atomic E-state index is -1.82. The van der Waals surface area contributed by atoms with E-state index in [4.69, 9.17) is 14.6 Å². The number of rotatable bonds is 7. The third-order valence-electron chi connectivity index (χ3n) is 6.62. The lowest BCUT2D eigenvalue weighted by atomic mass is 9.57. The van der Waals surface area contributed by atoms with E-state index in [9.17, 15) is 35.4 Å². The molecule has 10 nitrogen and oxygen atoms in total. The van der Waals surface area contributed by atoms with Crippen LogP contribution in [0.25, 0.3) is 0 Å². The van der Waals surface area contributed by atoms with E-state index in [0.29, 0.717) is 24.8 Å². The van der Waals surface area contributed by atoms with Crippen molar-refractivity contribution in [2.45, 2.75) is 81.9 Å². The van der Waals surface area contributed by atoms with Gasteiger partial charge in [-0.15, -0.1) is 0 Å². The molecule has 0 bridgehead atoms. The molecule has 0 aromatic heterocycles. The Hall–Kier alpha value is -1.37. The van der Waals surface area contributed by atoms with Gasteiger partial charge >= 0.3 is 5.97 Å². The van der Waals surface area contributed by atoms with Crippen molar-refractivity contribution in [3.63, 3.8) is 0 Å². The fourth-order valence-corrected chi connectivity index (χ4v) is 4.48. The van der Waals surface area contributed by atoms with Crippen LogP contribution in [0.1, 0.15) is 40.0 Å². The van der Waals surface area contributed by atoms with Gasteiger partial charge in [-0.1, -0.05) is 13.0 Å². The highest BCUT2D eigenvalue weighted by atomic mass is 16.7. The SMILES string of the molecule is CC(C=CC1(O)C(C)(CO)CCCC1(C)OC1OC(CO)C(O)C(O)C1O)=CC(=O)O. The van der Waals surface area contributed by atoms with Crippen LogP contribution in [0.4, 0.5) is 0 Å². The summed E-state index contributed by atoms with van der Waals surface area (Å²) in [5, 5.41) is 70.7. The van der Waals surface area contributed by atoms with Crippen molar-refractivity contribution in [2.24, 2.45) is 5.41 Å². The largest absolute Gasteiger partial charge is 0.478 e. The number of hydrogen-bond donors (Lipinski definition) is 7. The summed E-state index contributed by atoms with van der Waals surface area (Å²) in [4.78, 5) is 10.9. The average molecular weight is 446 g/mol. The Kier molecular flexibility index (Phi) is 8.05. The first kappa shape index (κ1) is 25.9. The van der Waals surface area contributed by atoms with Crippen LogP contribution in [0.5, 0.6) is 0 Å². The molecule has 2 rings (SSSR count). The first-order valence-corrected chi connectivity index (χ1v) is 10.3. The normalized spacial score (nSPS) is 44.5. The molecule has 1 aliphatic carbocycles. The van der Waals surface area contributed by atoms with Gasteiger partial charge in [0.2, 0.25) is 0 Å². The standard InChI is InChI=1S/C21H34O10/c1-12(9-14(24)25)5-8-21(29)19(2,11-23)6-4-7-20(21,3)31-18-17(28)16(27)15(26)13(10-22)30-18/h5,8-9,13,15-18,22-23,26-29H,4,6-7,10-11H2,1-3H3,(H,24,25). The molecular weight excluding hydrogens is 412 g/mol. The first-order valence-electron chi connectivity index (χ1n) is 10.3. The number of carboxylic acids is 1. The third kappa shape index (κ3) is 4.86. The monoisotopic (exact) mass is 446 g/mol. The molecule has 31 heavy (non-hydrogen) atoms. The molecule has 1 aliphatic heterocycles. The Labute approximate surface area is 181 Å². The summed E-state index contributed by atoms with van der Waals surface area (Å²) < 4.78 is 11.5. The van der Waals surface area contributed by atoms with Crippen LogP contribution >= 0.6 is 0 Å². The first-order chi connectivity index (χ1) is 14.3. The number of ether oxygens (including phenoxy) is 2. The molecule has 2 fully saturated rings. The zero-order valence-electron chi connectivity index (χ0n) is 18.0. The number of aliphatic hydroxyl groups is 6. The molecule has 1 heterocycles. The molecule has 10 heteroatoms. The van der Waals surface area contributed by atoms with Gasteiger partial charge in [0.15, 0.2) is 6.29 Å². The summed E-state index contributed by atoms with van der Waals surface area (Å²) in [6.45, 7) is 3.76. The summed E-state index contributed by atoms with van der Waals surface area (Å²) in [7, 11) is 0. The van der Waals surface area contributed by atoms with Crippen molar-refractivity contribution >= 4 is 5.97 Å². The zero-order chi connectivity index (χ0) is 23.6. The Balaban J connectivity index is 2.44. The molecule has 1 saturated carbocycles. The van der Waals surface area contributed by atoms with E-state index < -0.39 is 66.5 Å². The molecular formula is C21H34O10. The maximum absolute atomic E-state index is 11.8. The second-order valence-electron chi connectivity index (χ2n) is 8.94. The van der Waals surface area contributed by atoms with Gasteiger partial charge in [0.1, 0.15) is 35.6 Å². The van der Waals surface area contributed by atoms with Crippen LogP contribution in [0, 0.1) is 5.41 Å². The number of carbonyl (C=O) groups is 1. The lowest BCUT2D eigenvalue weighted by Crippen LogP contribution is -2.68. The molecule has 0 amide bonds. The molecule has 0 radical (unpaired) electrons. The fourth-order valence-electron chi connectivity index (χ4n) is 4.48. The Morgan fingerprint density at radius 3 is 2.32 bits per heavy atom. The summed E-state index contributed by atoms with van der Waals surface area (Å²) in [5.74, 6) is -1.15. The van der Waals surface area contributed by atoms with Gasteiger partial charge in [-0.25, -0.2) is 4.79 Å². The van der Waals surface area contributed by atoms with Crippen molar-refractivity contribution in [3.8, 4) is 0 Å². The minimum Gasteiger partial charge on any atom is -0.478 e. The van der Waals surface area contributed by atoms with Crippen molar-refractivity contribution < 1.29 is 50.0 Å². The summed E-state index contributed by atoms with van der Waals surface area (Å²) in [6.07, 6.45) is -2.44. The molecule has 8 unspecified atom stereocenters. The molecule has 178 valence electrons. The highest BCUT2D eigenvalue weighted by Crippen LogP contribution is 2.52. The Morgan fingerprint density at radius 2 is 1.77 bits per heavy atom. The van der Waals surface area contributed by atoms with Gasteiger partial charge in [-0.2, -0.15) is 0 Å². The van der Waals surface area contributed by atoms with E-state index in [1.165, 1.54) is 12.2 Å². The highest BCUT2D eigenvalue weighted by Gasteiger charge is 2.61. The summed E-state index contributed by atoms with van der Waals surface area (Å²) in [6, 6.07) is 0. The zero-order valence-corrected chi connectivity index (χ0v) is 18.0. The van der Waals surface area contributed by atoms with Gasteiger partial charge in [0.05, 0.1) is 13.2 Å². The Bertz CT molecular complexity index is 706. The van der Waals surface area contributed by atoms with Crippen LogP contribution in [0.3, 0.4) is 0 Å². The Morgan fingerprint density at radius 1 is 1.13 bits per heavy atom. The maximum atomic E-state index is 11.8.